The fraction of sp³-hybridized carbons (Fsp3) is 0.0526. The lowest BCUT2D eigenvalue weighted by atomic mass is 9.95. The van der Waals surface area contributed by atoms with Crippen LogP contribution in [-0.4, -0.2) is 11.1 Å². The van der Waals surface area contributed by atoms with Crippen molar-refractivity contribution >= 4 is 11.5 Å². The van der Waals surface area contributed by atoms with Crippen LogP contribution >= 0.6 is 0 Å². The molecule has 0 atom stereocenters. The van der Waals surface area contributed by atoms with E-state index < -0.39 is 17.7 Å². The lowest BCUT2D eigenvalue weighted by Gasteiger charge is -2.11. The van der Waals surface area contributed by atoms with Crippen LogP contribution in [0.25, 0.3) is 5.57 Å². The highest BCUT2D eigenvalue weighted by Crippen LogP contribution is 2.31. The molecule has 0 spiro atoms. The molecule has 0 aliphatic carbocycles. The Morgan fingerprint density at radius 2 is 1.76 bits per heavy atom. The van der Waals surface area contributed by atoms with E-state index in [2.05, 4.69) is 0 Å². The van der Waals surface area contributed by atoms with Crippen LogP contribution < -0.4 is 0 Å². The number of hydrogen-bond acceptors (Lipinski definition) is 2. The van der Waals surface area contributed by atoms with Crippen molar-refractivity contribution in [2.75, 3.05) is 0 Å². The summed E-state index contributed by atoms with van der Waals surface area (Å²) in [4.78, 5) is 10.6. The summed E-state index contributed by atoms with van der Waals surface area (Å²) in [6.45, 7) is 0. The maximum Gasteiger partial charge on any atom is 0.416 e. The third-order valence-electron chi connectivity index (χ3n) is 3.33. The summed E-state index contributed by atoms with van der Waals surface area (Å²) in [5, 5.41) is 17.7. The van der Waals surface area contributed by atoms with E-state index in [-0.39, 0.29) is 0 Å². The van der Waals surface area contributed by atoms with E-state index in [0.29, 0.717) is 22.3 Å². The molecule has 25 heavy (non-hydrogen) atoms. The van der Waals surface area contributed by atoms with Gasteiger partial charge in [0, 0.05) is 6.08 Å². The lowest BCUT2D eigenvalue weighted by Crippen LogP contribution is -2.04. The van der Waals surface area contributed by atoms with Gasteiger partial charge in [-0.3, -0.25) is 0 Å². The number of rotatable bonds is 4. The first-order valence-corrected chi connectivity index (χ1v) is 7.11. The quantitative estimate of drug-likeness (QED) is 0.649. The fourth-order valence-electron chi connectivity index (χ4n) is 2.18. The van der Waals surface area contributed by atoms with Gasteiger partial charge in [-0.1, -0.05) is 36.4 Å². The Labute approximate surface area is 142 Å². The average Bonchev–Trinajstić information content (AvgIpc) is 2.58. The first-order valence-electron chi connectivity index (χ1n) is 7.11. The van der Waals surface area contributed by atoms with E-state index in [1.807, 2.05) is 6.07 Å². The van der Waals surface area contributed by atoms with E-state index >= 15 is 0 Å². The smallest absolute Gasteiger partial charge is 0.416 e. The molecule has 6 heteroatoms. The number of carboxylic acids is 1. The maximum atomic E-state index is 12.7. The number of carbonyl (C=O) groups is 1. The molecule has 0 aliphatic rings. The second-order valence-electron chi connectivity index (χ2n) is 5.05. The van der Waals surface area contributed by atoms with Crippen LogP contribution in [0, 0.1) is 11.3 Å². The molecule has 2 aromatic carbocycles. The van der Waals surface area contributed by atoms with Gasteiger partial charge in [0.05, 0.1) is 17.2 Å². The van der Waals surface area contributed by atoms with E-state index in [4.69, 9.17) is 10.4 Å². The van der Waals surface area contributed by atoms with Gasteiger partial charge in [-0.05, 0) is 41.0 Å². The van der Waals surface area contributed by atoms with Gasteiger partial charge in [-0.25, -0.2) is 4.79 Å². The van der Waals surface area contributed by atoms with Crippen molar-refractivity contribution in [3.63, 3.8) is 0 Å². The minimum atomic E-state index is -4.44. The van der Waals surface area contributed by atoms with Gasteiger partial charge in [0.15, 0.2) is 0 Å². The molecule has 0 unspecified atom stereocenters. The van der Waals surface area contributed by atoms with E-state index in [0.717, 1.165) is 18.2 Å². The van der Waals surface area contributed by atoms with Gasteiger partial charge in [0.1, 0.15) is 0 Å². The molecule has 126 valence electrons. The number of carboxylic acid groups (broad SMARTS) is 1. The normalized spacial score (nSPS) is 12.2. The first-order chi connectivity index (χ1) is 11.8. The summed E-state index contributed by atoms with van der Waals surface area (Å²) in [6, 6.07) is 13.0. The van der Waals surface area contributed by atoms with Crippen LogP contribution in [0.5, 0.6) is 0 Å². The third kappa shape index (κ3) is 4.82. The molecule has 2 aromatic rings. The van der Waals surface area contributed by atoms with Crippen molar-refractivity contribution in [3.8, 4) is 6.07 Å². The lowest BCUT2D eigenvalue weighted by molar-refractivity contribution is -0.137. The summed E-state index contributed by atoms with van der Waals surface area (Å²) in [7, 11) is 0. The summed E-state index contributed by atoms with van der Waals surface area (Å²) in [5.41, 5.74) is 1.18. The molecule has 0 radical (unpaired) electrons. The Morgan fingerprint density at radius 3 is 2.32 bits per heavy atom. The minimum Gasteiger partial charge on any atom is -0.478 e. The number of allylic oxidation sites excluding steroid dienone is 2. The summed E-state index contributed by atoms with van der Waals surface area (Å²) < 4.78 is 38.1. The Kier molecular flexibility index (Phi) is 5.40. The number of hydrogen-bond donors (Lipinski definition) is 1. The van der Waals surface area contributed by atoms with Crippen LogP contribution in [0.4, 0.5) is 13.2 Å². The molecule has 0 fully saturated rings. The monoisotopic (exact) mass is 343 g/mol. The van der Waals surface area contributed by atoms with Crippen molar-refractivity contribution in [1.82, 2.24) is 0 Å². The van der Waals surface area contributed by atoms with Crippen molar-refractivity contribution in [1.29, 1.82) is 5.26 Å². The third-order valence-corrected chi connectivity index (χ3v) is 3.33. The predicted octanol–water partition coefficient (Wildman–Crippen LogP) is 4.65. The molecule has 0 saturated heterocycles. The highest BCUT2D eigenvalue weighted by Gasteiger charge is 2.30. The summed E-state index contributed by atoms with van der Waals surface area (Å²) >= 11 is 0. The fourth-order valence-corrected chi connectivity index (χ4v) is 2.18. The highest BCUT2D eigenvalue weighted by molar-refractivity contribution is 5.84. The molecular weight excluding hydrogens is 331 g/mol. The molecule has 0 amide bonds. The predicted molar refractivity (Wildman–Crippen MR) is 86.5 cm³/mol. The Bertz CT molecular complexity index is 873. The summed E-state index contributed by atoms with van der Waals surface area (Å²) in [6.07, 6.45) is -0.758. The van der Waals surface area contributed by atoms with Crippen LogP contribution in [0.15, 0.2) is 66.8 Å². The van der Waals surface area contributed by atoms with Gasteiger partial charge < -0.3 is 5.11 Å². The Morgan fingerprint density at radius 1 is 1.08 bits per heavy atom. The molecule has 2 rings (SSSR count). The molecule has 3 nitrogen and oxygen atoms in total. The number of benzene rings is 2. The molecule has 0 aliphatic heterocycles. The number of alkyl halides is 3. The second-order valence-corrected chi connectivity index (χ2v) is 5.05. The number of aliphatic carboxylic acids is 1. The molecule has 1 N–H and O–H groups in total. The van der Waals surface area contributed by atoms with Gasteiger partial charge in [-0.15, -0.1) is 0 Å². The zero-order chi connectivity index (χ0) is 18.4. The number of halogens is 3. The zero-order valence-corrected chi connectivity index (χ0v) is 12.8. The van der Waals surface area contributed by atoms with Gasteiger partial charge >= 0.3 is 12.1 Å². The Hall–Kier alpha value is -3.33. The van der Waals surface area contributed by atoms with Crippen LogP contribution in [0.1, 0.15) is 22.3 Å². The molecule has 0 saturated carbocycles. The van der Waals surface area contributed by atoms with Gasteiger partial charge in [0.25, 0.3) is 0 Å². The van der Waals surface area contributed by atoms with E-state index in [1.165, 1.54) is 24.3 Å². The van der Waals surface area contributed by atoms with Gasteiger partial charge in [-0.2, -0.15) is 18.4 Å². The van der Waals surface area contributed by atoms with Crippen LogP contribution in [-0.2, 0) is 11.0 Å². The number of nitriles is 1. The summed E-state index contributed by atoms with van der Waals surface area (Å²) in [5.74, 6) is -1.14. The second kappa shape index (κ2) is 7.49. The van der Waals surface area contributed by atoms with Crippen molar-refractivity contribution in [2.45, 2.75) is 6.18 Å². The van der Waals surface area contributed by atoms with Crippen LogP contribution in [0.3, 0.4) is 0 Å². The van der Waals surface area contributed by atoms with Gasteiger partial charge in [0.2, 0.25) is 0 Å². The minimum absolute atomic E-state index is 0.387. The van der Waals surface area contributed by atoms with E-state index in [9.17, 15) is 18.0 Å². The molecule has 0 bridgehead atoms. The SMILES string of the molecule is N#Cc1cccc(/C(=C/C=C/C(=O)O)c2ccc(C(F)(F)F)cc2)c1. The topological polar surface area (TPSA) is 61.1 Å². The highest BCUT2D eigenvalue weighted by atomic mass is 19.4. The molecule has 0 heterocycles. The molecule has 0 aromatic heterocycles. The van der Waals surface area contributed by atoms with Crippen LogP contribution in [0.2, 0.25) is 0 Å². The van der Waals surface area contributed by atoms with Crippen molar-refractivity contribution < 1.29 is 23.1 Å². The molecular formula is C19H12F3NO2. The Balaban J connectivity index is 2.51. The maximum absolute atomic E-state index is 12.7. The average molecular weight is 343 g/mol. The largest absolute Gasteiger partial charge is 0.478 e. The van der Waals surface area contributed by atoms with Crippen molar-refractivity contribution in [3.05, 3.63) is 89.0 Å². The number of nitrogens with zero attached hydrogens (tertiary/aromatic N) is 1. The zero-order valence-electron chi connectivity index (χ0n) is 12.8. The van der Waals surface area contributed by atoms with Crippen molar-refractivity contribution in [2.24, 2.45) is 0 Å². The standard InChI is InChI=1S/C19H12F3NO2/c20-19(21,22)16-9-7-14(8-10-16)17(5-2-6-18(24)25)15-4-1-3-13(11-15)12-23/h1-11H,(H,24,25)/b6-2+,17-5+. The first kappa shape index (κ1) is 18.0. The van der Waals surface area contributed by atoms with E-state index in [1.54, 1.807) is 24.3 Å².